The van der Waals surface area contributed by atoms with Crippen molar-refractivity contribution in [2.45, 2.75) is 96.9 Å². The summed E-state index contributed by atoms with van der Waals surface area (Å²) in [7, 11) is 0. The van der Waals surface area contributed by atoms with Gasteiger partial charge in [0.05, 0.1) is 17.1 Å². The van der Waals surface area contributed by atoms with E-state index in [9.17, 15) is 4.79 Å². The van der Waals surface area contributed by atoms with Crippen LogP contribution in [-0.2, 0) is 9.63 Å². The Morgan fingerprint density at radius 2 is 1.79 bits per heavy atom. The number of unbranched alkanes of at least 4 members (excludes halogenated alkanes) is 1. The van der Waals surface area contributed by atoms with Crippen molar-refractivity contribution in [2.75, 3.05) is 13.1 Å². The van der Waals surface area contributed by atoms with Gasteiger partial charge in [-0.15, -0.1) is 0 Å². The number of rotatable bonds is 10. The Hall–Kier alpha value is -1.23. The second kappa shape index (κ2) is 10.00. The molecule has 2 rings (SSSR count). The van der Waals surface area contributed by atoms with E-state index in [1.807, 2.05) is 6.07 Å². The molecule has 4 heteroatoms. The first-order chi connectivity index (χ1) is 13.4. The molecule has 1 aliphatic rings. The molecular weight excluding hydrogens is 348 g/mol. The number of carbonyl (C=O) groups is 1. The summed E-state index contributed by atoms with van der Waals surface area (Å²) in [5.41, 5.74) is 0.710. The number of nitrogens with zero attached hydrogens (tertiary/aromatic N) is 2. The predicted molar refractivity (Wildman–Crippen MR) is 116 cm³/mol. The highest BCUT2D eigenvalue weighted by atomic mass is 16.7. The molecule has 1 heterocycles. The van der Waals surface area contributed by atoms with Crippen molar-refractivity contribution in [3.8, 4) is 0 Å². The molecule has 28 heavy (non-hydrogen) atoms. The van der Waals surface area contributed by atoms with Gasteiger partial charge in [0.1, 0.15) is 12.4 Å². The van der Waals surface area contributed by atoms with Gasteiger partial charge in [0.15, 0.2) is 0 Å². The molecule has 4 nitrogen and oxygen atoms in total. The van der Waals surface area contributed by atoms with Crippen molar-refractivity contribution in [3.05, 3.63) is 35.9 Å². The van der Waals surface area contributed by atoms with E-state index in [1.165, 1.54) is 0 Å². The van der Waals surface area contributed by atoms with Gasteiger partial charge in [-0.2, -0.15) is 5.06 Å². The third kappa shape index (κ3) is 4.34. The van der Waals surface area contributed by atoms with Gasteiger partial charge in [-0.1, -0.05) is 64.4 Å². The minimum Gasteiger partial charge on any atom is -0.302 e. The number of carbonyl (C=O) groups excluding carboxylic acids is 1. The Labute approximate surface area is 172 Å². The lowest BCUT2D eigenvalue weighted by Gasteiger charge is -2.61. The summed E-state index contributed by atoms with van der Waals surface area (Å²) in [4.78, 5) is 21.4. The van der Waals surface area contributed by atoms with E-state index in [2.05, 4.69) is 75.8 Å². The average Bonchev–Trinajstić information content (AvgIpc) is 2.74. The van der Waals surface area contributed by atoms with Gasteiger partial charge in [0.2, 0.25) is 0 Å². The summed E-state index contributed by atoms with van der Waals surface area (Å²) in [5, 5.41) is 2.24. The Kier molecular flexibility index (Phi) is 8.23. The smallest absolute Gasteiger partial charge is 0.139 e. The van der Waals surface area contributed by atoms with Crippen LogP contribution in [0.2, 0.25) is 0 Å². The van der Waals surface area contributed by atoms with Crippen LogP contribution in [0.15, 0.2) is 30.3 Å². The fraction of sp³-hybridized carbons (Fsp3) is 0.708. The highest BCUT2D eigenvalue weighted by Gasteiger charge is 2.56. The van der Waals surface area contributed by atoms with E-state index in [4.69, 9.17) is 4.84 Å². The molecule has 0 amide bonds. The summed E-state index contributed by atoms with van der Waals surface area (Å²) in [5.74, 6) is 0. The second-order valence-electron chi connectivity index (χ2n) is 8.50. The predicted octanol–water partition coefficient (Wildman–Crippen LogP) is 5.39. The summed E-state index contributed by atoms with van der Waals surface area (Å²) in [6.07, 6.45) is 6.21. The molecule has 0 saturated carbocycles. The molecule has 3 atom stereocenters. The monoisotopic (exact) mass is 388 g/mol. The minimum absolute atomic E-state index is 0.0564. The number of aldehydes is 1. The molecule has 3 unspecified atom stereocenters. The molecule has 0 radical (unpaired) electrons. The Bertz CT molecular complexity index is 602. The maximum atomic E-state index is 12.3. The van der Waals surface area contributed by atoms with Crippen LogP contribution in [-0.4, -0.2) is 46.5 Å². The van der Waals surface area contributed by atoms with Crippen LogP contribution in [0, 0.1) is 0 Å². The molecule has 158 valence electrons. The topological polar surface area (TPSA) is 32.8 Å². The van der Waals surface area contributed by atoms with E-state index in [0.29, 0.717) is 0 Å². The van der Waals surface area contributed by atoms with Crippen LogP contribution in [0.25, 0.3) is 0 Å². The van der Waals surface area contributed by atoms with Crippen LogP contribution in [0.4, 0.5) is 0 Å². The maximum Gasteiger partial charge on any atom is 0.139 e. The van der Waals surface area contributed by atoms with Crippen LogP contribution >= 0.6 is 0 Å². The maximum absolute atomic E-state index is 12.3. The molecule has 1 saturated heterocycles. The van der Waals surface area contributed by atoms with Gasteiger partial charge >= 0.3 is 0 Å². The summed E-state index contributed by atoms with van der Waals surface area (Å²) < 4.78 is 0. The van der Waals surface area contributed by atoms with Crippen molar-refractivity contribution in [1.82, 2.24) is 9.96 Å². The Morgan fingerprint density at radius 1 is 1.14 bits per heavy atom. The molecule has 1 aromatic carbocycles. The lowest BCUT2D eigenvalue weighted by atomic mass is 9.77. The molecular formula is C24H40N2O2. The normalized spacial score (nSPS) is 26.9. The van der Waals surface area contributed by atoms with Crippen LogP contribution in [0.1, 0.15) is 85.3 Å². The fourth-order valence-electron chi connectivity index (χ4n) is 4.70. The SMILES string of the molecule is CCCCN1CC(CC)(CC)N(OC(C)c2ccccc2)C(C)(CC)C1C=O. The Balaban J connectivity index is 2.44. The van der Waals surface area contributed by atoms with Gasteiger partial charge < -0.3 is 4.79 Å². The zero-order valence-corrected chi connectivity index (χ0v) is 18.8. The van der Waals surface area contributed by atoms with Gasteiger partial charge in [-0.3, -0.25) is 9.74 Å². The molecule has 0 aliphatic carbocycles. The van der Waals surface area contributed by atoms with Crippen molar-refractivity contribution in [3.63, 3.8) is 0 Å². The van der Waals surface area contributed by atoms with Crippen molar-refractivity contribution < 1.29 is 9.63 Å². The largest absolute Gasteiger partial charge is 0.302 e. The van der Waals surface area contributed by atoms with Gasteiger partial charge in [-0.05, 0) is 51.6 Å². The summed E-state index contributed by atoms with van der Waals surface area (Å²) in [6.45, 7) is 15.1. The molecule has 0 aromatic heterocycles. The highest BCUT2D eigenvalue weighted by molar-refractivity contribution is 5.61. The molecule has 1 aliphatic heterocycles. The molecule has 0 spiro atoms. The van der Waals surface area contributed by atoms with Crippen LogP contribution in [0.5, 0.6) is 0 Å². The first-order valence-corrected chi connectivity index (χ1v) is 11.1. The van der Waals surface area contributed by atoms with Crippen LogP contribution in [0.3, 0.4) is 0 Å². The van der Waals surface area contributed by atoms with Crippen molar-refractivity contribution in [2.24, 2.45) is 0 Å². The average molecular weight is 389 g/mol. The van der Waals surface area contributed by atoms with E-state index in [1.54, 1.807) is 0 Å². The molecule has 1 fully saturated rings. The molecule has 0 N–H and O–H groups in total. The number of benzene rings is 1. The number of hydroxylamine groups is 2. The van der Waals surface area contributed by atoms with Gasteiger partial charge in [0.25, 0.3) is 0 Å². The zero-order chi connectivity index (χ0) is 20.8. The lowest BCUT2D eigenvalue weighted by Crippen LogP contribution is -2.75. The quantitative estimate of drug-likeness (QED) is 0.503. The van der Waals surface area contributed by atoms with Crippen molar-refractivity contribution in [1.29, 1.82) is 0 Å². The van der Waals surface area contributed by atoms with E-state index in [0.717, 1.165) is 57.0 Å². The second-order valence-corrected chi connectivity index (χ2v) is 8.50. The summed E-state index contributed by atoms with van der Waals surface area (Å²) in [6, 6.07) is 10.2. The molecule has 1 aromatic rings. The third-order valence-electron chi connectivity index (χ3n) is 6.92. The van der Waals surface area contributed by atoms with Gasteiger partial charge in [-0.25, -0.2) is 0 Å². The minimum atomic E-state index is -0.358. The number of piperazine rings is 1. The standard InChI is InChI=1S/C24H40N2O2/c1-7-11-17-25-19-24(9-3,10-4)26(23(6,8-2)22(25)18-27)28-20(5)21-15-13-12-14-16-21/h12-16,18,20,22H,7-11,17,19H2,1-6H3. The third-order valence-corrected chi connectivity index (χ3v) is 6.92. The van der Waals surface area contributed by atoms with Crippen LogP contribution < -0.4 is 0 Å². The number of hydrogen-bond acceptors (Lipinski definition) is 4. The van der Waals surface area contributed by atoms with E-state index >= 15 is 0 Å². The summed E-state index contributed by atoms with van der Waals surface area (Å²) >= 11 is 0. The van der Waals surface area contributed by atoms with E-state index in [-0.39, 0.29) is 23.2 Å². The first kappa shape index (κ1) is 23.1. The number of hydrogen-bond donors (Lipinski definition) is 0. The zero-order valence-electron chi connectivity index (χ0n) is 18.8. The van der Waals surface area contributed by atoms with E-state index < -0.39 is 0 Å². The molecule has 0 bridgehead atoms. The Morgan fingerprint density at radius 3 is 2.29 bits per heavy atom. The van der Waals surface area contributed by atoms with Crippen molar-refractivity contribution >= 4 is 6.29 Å². The fourth-order valence-corrected chi connectivity index (χ4v) is 4.70. The highest BCUT2D eigenvalue weighted by Crippen LogP contribution is 2.44. The lowest BCUT2D eigenvalue weighted by molar-refractivity contribution is -0.332. The first-order valence-electron chi connectivity index (χ1n) is 11.1. The van der Waals surface area contributed by atoms with Gasteiger partial charge in [0, 0.05) is 6.54 Å².